The van der Waals surface area contributed by atoms with Crippen molar-refractivity contribution in [3.05, 3.63) is 42.0 Å². The largest absolute Gasteiger partial charge is 0.507 e. The molecule has 0 spiro atoms. The van der Waals surface area contributed by atoms with Gasteiger partial charge in [0.25, 0.3) is 5.91 Å². The molecule has 4 heteroatoms. The van der Waals surface area contributed by atoms with E-state index >= 15 is 0 Å². The number of carbonyl (C=O) groups excluding carboxylic acids is 1. The van der Waals surface area contributed by atoms with Gasteiger partial charge in [-0.1, -0.05) is 18.2 Å². The number of aromatic hydroxyl groups is 1. The van der Waals surface area contributed by atoms with E-state index in [1.54, 1.807) is 24.3 Å². The standard InChI is InChI=1S/C11H12N2O2/c1-2-3-8-12-13-11(15)9-6-4-5-7-10(9)14/h2-8,14H,1H3,(H,13,15). The first-order valence-corrected chi connectivity index (χ1v) is 4.48. The Morgan fingerprint density at radius 1 is 1.47 bits per heavy atom. The van der Waals surface area contributed by atoms with Crippen molar-refractivity contribution in [2.45, 2.75) is 6.92 Å². The number of phenols is 1. The van der Waals surface area contributed by atoms with Gasteiger partial charge in [-0.3, -0.25) is 4.79 Å². The van der Waals surface area contributed by atoms with Crippen molar-refractivity contribution in [1.29, 1.82) is 0 Å². The van der Waals surface area contributed by atoms with Crippen LogP contribution in [0.2, 0.25) is 0 Å². The molecule has 1 aromatic carbocycles. The van der Waals surface area contributed by atoms with E-state index in [0.29, 0.717) is 0 Å². The summed E-state index contributed by atoms with van der Waals surface area (Å²) >= 11 is 0. The number of para-hydroxylation sites is 1. The Morgan fingerprint density at radius 3 is 2.87 bits per heavy atom. The van der Waals surface area contributed by atoms with Crippen LogP contribution in [-0.2, 0) is 0 Å². The number of carbonyl (C=O) groups is 1. The number of allylic oxidation sites excluding steroid dienone is 2. The van der Waals surface area contributed by atoms with Crippen LogP contribution in [0.15, 0.2) is 41.5 Å². The van der Waals surface area contributed by atoms with Crippen molar-refractivity contribution >= 4 is 12.1 Å². The Balaban J connectivity index is 2.66. The lowest BCUT2D eigenvalue weighted by Crippen LogP contribution is -2.17. The molecule has 0 heterocycles. The van der Waals surface area contributed by atoms with Crippen LogP contribution in [0.1, 0.15) is 17.3 Å². The Kier molecular flexibility index (Phi) is 4.09. The Labute approximate surface area is 87.9 Å². The number of nitrogens with zero attached hydrogens (tertiary/aromatic N) is 1. The highest BCUT2D eigenvalue weighted by molar-refractivity contribution is 5.97. The molecule has 0 fully saturated rings. The maximum absolute atomic E-state index is 11.4. The summed E-state index contributed by atoms with van der Waals surface area (Å²) in [7, 11) is 0. The highest BCUT2D eigenvalue weighted by Crippen LogP contribution is 2.14. The molecule has 1 amide bonds. The van der Waals surface area contributed by atoms with Crippen LogP contribution in [0, 0.1) is 0 Å². The Morgan fingerprint density at radius 2 is 2.20 bits per heavy atom. The van der Waals surface area contributed by atoms with Crippen LogP contribution in [0.5, 0.6) is 5.75 Å². The van der Waals surface area contributed by atoms with E-state index in [1.807, 2.05) is 6.92 Å². The highest BCUT2D eigenvalue weighted by atomic mass is 16.3. The summed E-state index contributed by atoms with van der Waals surface area (Å²) in [6.07, 6.45) is 4.93. The van der Waals surface area contributed by atoms with Crippen molar-refractivity contribution in [3.63, 3.8) is 0 Å². The normalized spacial score (nSPS) is 11.0. The molecule has 0 aromatic heterocycles. The number of hydrogen-bond acceptors (Lipinski definition) is 3. The number of hydrogen-bond donors (Lipinski definition) is 2. The number of amides is 1. The first-order valence-electron chi connectivity index (χ1n) is 4.48. The fourth-order valence-electron chi connectivity index (χ4n) is 0.951. The zero-order chi connectivity index (χ0) is 11.1. The van der Waals surface area contributed by atoms with Gasteiger partial charge in [-0.25, -0.2) is 5.43 Å². The summed E-state index contributed by atoms with van der Waals surface area (Å²) in [5, 5.41) is 13.0. The molecule has 0 atom stereocenters. The monoisotopic (exact) mass is 204 g/mol. The molecule has 78 valence electrons. The molecule has 2 N–H and O–H groups in total. The lowest BCUT2D eigenvalue weighted by molar-refractivity contribution is 0.0952. The molecular weight excluding hydrogens is 192 g/mol. The maximum Gasteiger partial charge on any atom is 0.275 e. The average Bonchev–Trinajstić information content (AvgIpc) is 2.25. The van der Waals surface area contributed by atoms with E-state index in [1.165, 1.54) is 18.3 Å². The summed E-state index contributed by atoms with van der Waals surface area (Å²) < 4.78 is 0. The second kappa shape index (κ2) is 5.59. The summed E-state index contributed by atoms with van der Waals surface area (Å²) in [6.45, 7) is 1.84. The molecule has 15 heavy (non-hydrogen) atoms. The second-order valence-corrected chi connectivity index (χ2v) is 2.76. The van der Waals surface area contributed by atoms with Crippen LogP contribution >= 0.6 is 0 Å². The molecule has 1 aromatic rings. The minimum absolute atomic E-state index is 0.0590. The van der Waals surface area contributed by atoms with Gasteiger partial charge in [-0.15, -0.1) is 0 Å². The van der Waals surface area contributed by atoms with Crippen LogP contribution in [0.25, 0.3) is 0 Å². The highest BCUT2D eigenvalue weighted by Gasteiger charge is 2.07. The van der Waals surface area contributed by atoms with Gasteiger partial charge in [0, 0.05) is 6.21 Å². The number of phenolic OH excluding ortho intramolecular Hbond substituents is 1. The smallest absolute Gasteiger partial charge is 0.275 e. The molecule has 0 saturated carbocycles. The van der Waals surface area contributed by atoms with Gasteiger partial charge in [0.1, 0.15) is 5.75 Å². The molecule has 0 saturated heterocycles. The summed E-state index contributed by atoms with van der Waals surface area (Å²) in [5.74, 6) is -0.495. The quantitative estimate of drug-likeness (QED) is 0.581. The van der Waals surface area contributed by atoms with E-state index in [9.17, 15) is 9.90 Å². The summed E-state index contributed by atoms with van der Waals surface area (Å²) in [4.78, 5) is 11.4. The fraction of sp³-hybridized carbons (Fsp3) is 0.0909. The number of rotatable bonds is 3. The lowest BCUT2D eigenvalue weighted by atomic mass is 10.2. The first kappa shape index (κ1) is 11.0. The topological polar surface area (TPSA) is 61.7 Å². The fourth-order valence-corrected chi connectivity index (χ4v) is 0.951. The minimum Gasteiger partial charge on any atom is -0.507 e. The van der Waals surface area contributed by atoms with Gasteiger partial charge in [-0.05, 0) is 25.1 Å². The predicted molar refractivity (Wildman–Crippen MR) is 58.9 cm³/mol. The molecule has 0 aliphatic heterocycles. The van der Waals surface area contributed by atoms with Gasteiger partial charge >= 0.3 is 0 Å². The zero-order valence-electron chi connectivity index (χ0n) is 8.34. The van der Waals surface area contributed by atoms with Crippen molar-refractivity contribution in [3.8, 4) is 5.75 Å². The van der Waals surface area contributed by atoms with Crippen LogP contribution in [0.4, 0.5) is 0 Å². The molecule has 1 rings (SSSR count). The maximum atomic E-state index is 11.4. The van der Waals surface area contributed by atoms with Crippen molar-refractivity contribution < 1.29 is 9.90 Å². The van der Waals surface area contributed by atoms with Gasteiger partial charge in [0.15, 0.2) is 0 Å². The Hall–Kier alpha value is -2.10. The van der Waals surface area contributed by atoms with E-state index in [2.05, 4.69) is 10.5 Å². The minimum atomic E-state index is -0.436. The van der Waals surface area contributed by atoms with Crippen LogP contribution < -0.4 is 5.43 Å². The van der Waals surface area contributed by atoms with Gasteiger partial charge in [0.2, 0.25) is 0 Å². The van der Waals surface area contributed by atoms with E-state index in [-0.39, 0.29) is 11.3 Å². The van der Waals surface area contributed by atoms with Gasteiger partial charge in [-0.2, -0.15) is 5.10 Å². The third-order valence-electron chi connectivity index (χ3n) is 1.67. The van der Waals surface area contributed by atoms with Gasteiger partial charge < -0.3 is 5.11 Å². The molecule has 4 nitrogen and oxygen atoms in total. The van der Waals surface area contributed by atoms with Crippen molar-refractivity contribution in [2.75, 3.05) is 0 Å². The molecule has 0 bridgehead atoms. The summed E-state index contributed by atoms with van der Waals surface area (Å²) in [6, 6.07) is 6.29. The number of nitrogens with one attached hydrogen (secondary N) is 1. The molecule has 0 unspecified atom stereocenters. The number of hydrazone groups is 1. The third-order valence-corrected chi connectivity index (χ3v) is 1.67. The van der Waals surface area contributed by atoms with Gasteiger partial charge in [0.05, 0.1) is 5.56 Å². The SMILES string of the molecule is CC=CC=NNC(=O)c1ccccc1O. The van der Waals surface area contributed by atoms with E-state index in [0.717, 1.165) is 0 Å². The molecule has 0 radical (unpaired) electrons. The molecule has 0 aliphatic rings. The average molecular weight is 204 g/mol. The lowest BCUT2D eigenvalue weighted by Gasteiger charge is -2.01. The van der Waals surface area contributed by atoms with E-state index < -0.39 is 5.91 Å². The Bertz CT molecular complexity index is 397. The number of benzene rings is 1. The molecule has 0 aliphatic carbocycles. The van der Waals surface area contributed by atoms with E-state index in [4.69, 9.17) is 0 Å². The second-order valence-electron chi connectivity index (χ2n) is 2.76. The molecular formula is C11H12N2O2. The van der Waals surface area contributed by atoms with Crippen molar-refractivity contribution in [1.82, 2.24) is 5.43 Å². The summed E-state index contributed by atoms with van der Waals surface area (Å²) in [5.41, 5.74) is 2.50. The van der Waals surface area contributed by atoms with Crippen molar-refractivity contribution in [2.24, 2.45) is 5.10 Å². The predicted octanol–water partition coefficient (Wildman–Crippen LogP) is 1.68. The first-order chi connectivity index (χ1) is 7.25. The zero-order valence-corrected chi connectivity index (χ0v) is 8.34. The van der Waals surface area contributed by atoms with Crippen LogP contribution in [0.3, 0.4) is 0 Å². The van der Waals surface area contributed by atoms with Crippen LogP contribution in [-0.4, -0.2) is 17.2 Å². The third kappa shape index (κ3) is 3.27.